The van der Waals surface area contributed by atoms with E-state index < -0.39 is 0 Å². The van der Waals surface area contributed by atoms with Crippen LogP contribution in [0.25, 0.3) is 21.8 Å². The van der Waals surface area contributed by atoms with Gasteiger partial charge >= 0.3 is 0 Å². The molecule has 0 unspecified atom stereocenters. The van der Waals surface area contributed by atoms with Crippen molar-refractivity contribution in [1.29, 1.82) is 0 Å². The van der Waals surface area contributed by atoms with Crippen LogP contribution in [0.1, 0.15) is 25.5 Å². The molecule has 0 fully saturated rings. The van der Waals surface area contributed by atoms with E-state index in [0.717, 1.165) is 64.1 Å². The van der Waals surface area contributed by atoms with Gasteiger partial charge in [-0.05, 0) is 55.8 Å². The van der Waals surface area contributed by atoms with Gasteiger partial charge in [-0.3, -0.25) is 10.1 Å². The first-order valence-corrected chi connectivity index (χ1v) is 8.98. The van der Waals surface area contributed by atoms with Crippen LogP contribution in [0.5, 0.6) is 5.75 Å². The molecule has 0 aliphatic rings. The molecule has 0 saturated carbocycles. The molecule has 4 aromatic rings. The third kappa shape index (κ3) is 3.20. The van der Waals surface area contributed by atoms with E-state index in [2.05, 4.69) is 33.5 Å². The van der Waals surface area contributed by atoms with Gasteiger partial charge in [-0.1, -0.05) is 13.3 Å². The molecule has 0 spiro atoms. The van der Waals surface area contributed by atoms with E-state index in [9.17, 15) is 0 Å². The Morgan fingerprint density at radius 3 is 2.77 bits per heavy atom. The Labute approximate surface area is 152 Å². The second-order valence-corrected chi connectivity index (χ2v) is 6.46. The van der Waals surface area contributed by atoms with E-state index in [1.54, 1.807) is 0 Å². The van der Waals surface area contributed by atoms with Crippen molar-refractivity contribution in [2.24, 2.45) is 0 Å². The van der Waals surface area contributed by atoms with Crippen molar-refractivity contribution in [3.8, 4) is 5.75 Å². The van der Waals surface area contributed by atoms with E-state index in [1.165, 1.54) is 0 Å². The highest BCUT2D eigenvalue weighted by Crippen LogP contribution is 2.32. The number of hydrogen-bond donors (Lipinski definition) is 2. The van der Waals surface area contributed by atoms with Gasteiger partial charge in [0.15, 0.2) is 0 Å². The fraction of sp³-hybridized carbons (Fsp3) is 0.238. The van der Waals surface area contributed by atoms with Gasteiger partial charge in [0.05, 0.1) is 29.5 Å². The van der Waals surface area contributed by atoms with E-state index in [1.807, 2.05) is 49.5 Å². The van der Waals surface area contributed by atoms with Crippen molar-refractivity contribution in [3.63, 3.8) is 0 Å². The number of nitrogens with zero attached hydrogens (tertiary/aromatic N) is 2. The Kier molecular flexibility index (Phi) is 4.44. The molecule has 0 atom stereocenters. The molecule has 2 aromatic heterocycles. The number of aromatic amines is 1. The first-order chi connectivity index (χ1) is 12.7. The highest BCUT2D eigenvalue weighted by molar-refractivity contribution is 6.10. The van der Waals surface area contributed by atoms with Crippen molar-refractivity contribution >= 4 is 33.2 Å². The SMILES string of the molecule is CCCCOc1ccc(Nc2cc(C)nc3ccc4cn[nH]c4c23)cc1. The molecule has 0 bridgehead atoms. The summed E-state index contributed by atoms with van der Waals surface area (Å²) in [5.41, 5.74) is 4.94. The third-order valence-corrected chi connectivity index (χ3v) is 4.41. The summed E-state index contributed by atoms with van der Waals surface area (Å²) in [6.07, 6.45) is 4.04. The molecular formula is C21H22N4O. The second-order valence-electron chi connectivity index (χ2n) is 6.46. The molecule has 0 aliphatic carbocycles. The Morgan fingerprint density at radius 1 is 1.12 bits per heavy atom. The zero-order valence-electron chi connectivity index (χ0n) is 15.0. The van der Waals surface area contributed by atoms with Crippen LogP contribution in [0.15, 0.2) is 48.7 Å². The fourth-order valence-electron chi connectivity index (χ4n) is 3.09. The van der Waals surface area contributed by atoms with Crippen LogP contribution in [0.2, 0.25) is 0 Å². The number of fused-ring (bicyclic) bond motifs is 3. The van der Waals surface area contributed by atoms with Crippen LogP contribution < -0.4 is 10.1 Å². The molecule has 5 heteroatoms. The van der Waals surface area contributed by atoms with E-state index in [0.29, 0.717) is 0 Å². The maximum Gasteiger partial charge on any atom is 0.119 e. The van der Waals surface area contributed by atoms with Crippen molar-refractivity contribution in [3.05, 3.63) is 54.4 Å². The first-order valence-electron chi connectivity index (χ1n) is 8.98. The second kappa shape index (κ2) is 7.04. The summed E-state index contributed by atoms with van der Waals surface area (Å²) in [4.78, 5) is 4.66. The van der Waals surface area contributed by atoms with Gasteiger partial charge in [0.1, 0.15) is 5.75 Å². The van der Waals surface area contributed by atoms with Crippen molar-refractivity contribution in [2.45, 2.75) is 26.7 Å². The molecule has 0 amide bonds. The minimum atomic E-state index is 0.759. The van der Waals surface area contributed by atoms with Gasteiger partial charge in [0, 0.05) is 22.2 Å². The van der Waals surface area contributed by atoms with Crippen LogP contribution >= 0.6 is 0 Å². The van der Waals surface area contributed by atoms with Gasteiger partial charge < -0.3 is 10.1 Å². The first kappa shape index (κ1) is 16.4. The number of H-pyrrole nitrogens is 1. The summed E-state index contributed by atoms with van der Waals surface area (Å²) in [6, 6.07) is 14.2. The Hall–Kier alpha value is -3.08. The molecule has 0 aliphatic heterocycles. The topological polar surface area (TPSA) is 62.8 Å². The molecular weight excluding hydrogens is 324 g/mol. The molecule has 26 heavy (non-hydrogen) atoms. The van der Waals surface area contributed by atoms with Gasteiger partial charge in [-0.2, -0.15) is 5.10 Å². The number of aromatic nitrogens is 3. The zero-order valence-corrected chi connectivity index (χ0v) is 15.0. The standard InChI is InChI=1S/C21H22N4O/c1-3-4-11-26-17-8-6-16(7-9-17)24-19-12-14(2)23-18-10-5-15-13-22-25-21(15)20(18)19/h5-10,12-13H,3-4,11H2,1-2H3,(H,22,25)(H,23,24). The summed E-state index contributed by atoms with van der Waals surface area (Å²) in [6.45, 7) is 4.93. The Morgan fingerprint density at radius 2 is 1.96 bits per heavy atom. The monoisotopic (exact) mass is 346 g/mol. The number of benzene rings is 2. The third-order valence-electron chi connectivity index (χ3n) is 4.41. The van der Waals surface area contributed by atoms with Crippen LogP contribution in [-0.2, 0) is 0 Å². The van der Waals surface area contributed by atoms with Crippen molar-refractivity contribution in [2.75, 3.05) is 11.9 Å². The van der Waals surface area contributed by atoms with Gasteiger partial charge in [-0.25, -0.2) is 0 Å². The number of ether oxygens (including phenoxy) is 1. The summed E-state index contributed by atoms with van der Waals surface area (Å²) in [7, 11) is 0. The van der Waals surface area contributed by atoms with Crippen molar-refractivity contribution in [1.82, 2.24) is 15.2 Å². The van der Waals surface area contributed by atoms with E-state index in [4.69, 9.17) is 4.74 Å². The lowest BCUT2D eigenvalue weighted by molar-refractivity contribution is 0.309. The number of hydrogen-bond acceptors (Lipinski definition) is 4. The van der Waals surface area contributed by atoms with Gasteiger partial charge in [0.25, 0.3) is 0 Å². The van der Waals surface area contributed by atoms with E-state index >= 15 is 0 Å². The van der Waals surface area contributed by atoms with Crippen molar-refractivity contribution < 1.29 is 4.74 Å². The summed E-state index contributed by atoms with van der Waals surface area (Å²) >= 11 is 0. The van der Waals surface area contributed by atoms with Gasteiger partial charge in [0.2, 0.25) is 0 Å². The highest BCUT2D eigenvalue weighted by atomic mass is 16.5. The highest BCUT2D eigenvalue weighted by Gasteiger charge is 2.10. The smallest absolute Gasteiger partial charge is 0.119 e. The number of unbranched alkanes of at least 4 members (excludes halogenated alkanes) is 1. The number of nitrogens with one attached hydrogen (secondary N) is 2. The van der Waals surface area contributed by atoms with Crippen LogP contribution in [-0.4, -0.2) is 21.8 Å². The molecule has 4 rings (SSSR count). The Bertz CT molecular complexity index is 1040. The predicted octanol–water partition coefficient (Wildman–Crippen LogP) is 5.34. The van der Waals surface area contributed by atoms with Crippen LogP contribution in [0, 0.1) is 6.92 Å². The molecule has 5 nitrogen and oxygen atoms in total. The molecule has 2 N–H and O–H groups in total. The average Bonchev–Trinajstić information content (AvgIpc) is 3.11. The molecule has 0 radical (unpaired) electrons. The average molecular weight is 346 g/mol. The lowest BCUT2D eigenvalue weighted by Crippen LogP contribution is -1.97. The van der Waals surface area contributed by atoms with Crippen LogP contribution in [0.4, 0.5) is 11.4 Å². The van der Waals surface area contributed by atoms with E-state index in [-0.39, 0.29) is 0 Å². The predicted molar refractivity (Wildman–Crippen MR) is 106 cm³/mol. The van der Waals surface area contributed by atoms with Gasteiger partial charge in [-0.15, -0.1) is 0 Å². The Balaban J connectivity index is 1.67. The minimum Gasteiger partial charge on any atom is -0.494 e. The normalized spacial score (nSPS) is 11.2. The summed E-state index contributed by atoms with van der Waals surface area (Å²) < 4.78 is 5.74. The maximum atomic E-state index is 5.74. The zero-order chi connectivity index (χ0) is 17.9. The summed E-state index contributed by atoms with van der Waals surface area (Å²) in [5, 5.41) is 12.9. The number of anilines is 2. The number of rotatable bonds is 6. The minimum absolute atomic E-state index is 0.759. The molecule has 132 valence electrons. The lowest BCUT2D eigenvalue weighted by atomic mass is 10.1. The molecule has 2 aromatic carbocycles. The lowest BCUT2D eigenvalue weighted by Gasteiger charge is -2.12. The summed E-state index contributed by atoms with van der Waals surface area (Å²) in [5.74, 6) is 0.899. The molecule has 0 saturated heterocycles. The van der Waals surface area contributed by atoms with Crippen LogP contribution in [0.3, 0.4) is 0 Å². The number of aryl methyl sites for hydroxylation is 1. The largest absolute Gasteiger partial charge is 0.494 e. The quantitative estimate of drug-likeness (QED) is 0.462. The number of pyridine rings is 1. The maximum absolute atomic E-state index is 5.74. The fourth-order valence-corrected chi connectivity index (χ4v) is 3.09. The molecule has 2 heterocycles.